The Bertz CT molecular complexity index is 460. The predicted octanol–water partition coefficient (Wildman–Crippen LogP) is 0.263. The summed E-state index contributed by atoms with van der Waals surface area (Å²) in [6, 6.07) is -0.221. The van der Waals surface area contributed by atoms with E-state index in [9.17, 15) is 16.8 Å². The first kappa shape index (κ1) is 17.9. The van der Waals surface area contributed by atoms with Crippen LogP contribution in [0.1, 0.15) is 39.0 Å². The van der Waals surface area contributed by atoms with E-state index in [1.807, 2.05) is 0 Å². The maximum absolute atomic E-state index is 11.9. The van der Waals surface area contributed by atoms with Gasteiger partial charge in [-0.2, -0.15) is 0 Å². The molecule has 0 unspecified atom stereocenters. The standard InChI is InChI=1S/C12H26N2O4S2/c1-2-7-13-8-3-4-9-20(17,18)14-12-5-10-19(15,16)11-6-12/h12-14H,2-11H2,1H3. The molecule has 0 atom stereocenters. The first-order valence-electron chi connectivity index (χ1n) is 7.26. The van der Waals surface area contributed by atoms with E-state index >= 15 is 0 Å². The van der Waals surface area contributed by atoms with Gasteiger partial charge in [-0.1, -0.05) is 6.92 Å². The first-order chi connectivity index (χ1) is 9.35. The molecule has 1 saturated heterocycles. The SMILES string of the molecule is CCCNCCCCS(=O)(=O)NC1CCS(=O)(=O)CC1. The summed E-state index contributed by atoms with van der Waals surface area (Å²) in [7, 11) is -6.23. The number of sulfone groups is 1. The van der Waals surface area contributed by atoms with Crippen LogP contribution in [0.2, 0.25) is 0 Å². The average Bonchev–Trinajstić information content (AvgIpc) is 2.36. The lowest BCUT2D eigenvalue weighted by Crippen LogP contribution is -2.41. The van der Waals surface area contributed by atoms with Gasteiger partial charge in [0.05, 0.1) is 17.3 Å². The van der Waals surface area contributed by atoms with E-state index in [0.29, 0.717) is 19.3 Å². The second-order valence-corrected chi connectivity index (χ2v) is 9.50. The van der Waals surface area contributed by atoms with Gasteiger partial charge >= 0.3 is 0 Å². The van der Waals surface area contributed by atoms with Gasteiger partial charge in [-0.15, -0.1) is 0 Å². The molecule has 0 aromatic rings. The van der Waals surface area contributed by atoms with Gasteiger partial charge in [-0.25, -0.2) is 21.6 Å². The molecule has 0 aliphatic carbocycles. The van der Waals surface area contributed by atoms with Gasteiger partial charge in [0, 0.05) is 6.04 Å². The lowest BCUT2D eigenvalue weighted by atomic mass is 10.2. The molecule has 1 aliphatic rings. The summed E-state index contributed by atoms with van der Waals surface area (Å²) in [6.07, 6.45) is 3.31. The van der Waals surface area contributed by atoms with Crippen LogP contribution in [0.4, 0.5) is 0 Å². The maximum Gasteiger partial charge on any atom is 0.211 e. The molecule has 8 heteroatoms. The highest BCUT2D eigenvalue weighted by atomic mass is 32.2. The third kappa shape index (κ3) is 7.56. The minimum atomic E-state index is -3.28. The number of rotatable bonds is 9. The molecule has 0 aromatic heterocycles. The van der Waals surface area contributed by atoms with Crippen LogP contribution in [-0.2, 0) is 19.9 Å². The van der Waals surface area contributed by atoms with E-state index < -0.39 is 19.9 Å². The van der Waals surface area contributed by atoms with Crippen LogP contribution in [0.15, 0.2) is 0 Å². The smallest absolute Gasteiger partial charge is 0.211 e. The number of hydrogen-bond donors (Lipinski definition) is 2. The van der Waals surface area contributed by atoms with Crippen molar-refractivity contribution in [3.05, 3.63) is 0 Å². The van der Waals surface area contributed by atoms with Crippen LogP contribution >= 0.6 is 0 Å². The number of hydrogen-bond acceptors (Lipinski definition) is 5. The zero-order valence-electron chi connectivity index (χ0n) is 12.1. The van der Waals surface area contributed by atoms with E-state index in [1.54, 1.807) is 0 Å². The molecule has 1 rings (SSSR count). The van der Waals surface area contributed by atoms with Gasteiger partial charge in [0.15, 0.2) is 0 Å². The fourth-order valence-electron chi connectivity index (χ4n) is 2.16. The van der Waals surface area contributed by atoms with Gasteiger partial charge in [0.1, 0.15) is 9.84 Å². The average molecular weight is 326 g/mol. The van der Waals surface area contributed by atoms with Crippen molar-refractivity contribution in [1.82, 2.24) is 10.0 Å². The molecule has 0 radical (unpaired) electrons. The molecule has 1 fully saturated rings. The molecular formula is C12H26N2O4S2. The third-order valence-corrected chi connectivity index (χ3v) is 6.58. The molecule has 0 spiro atoms. The quantitative estimate of drug-likeness (QED) is 0.593. The van der Waals surface area contributed by atoms with Gasteiger partial charge in [-0.05, 0) is 45.2 Å². The Hall–Kier alpha value is -0.180. The molecule has 0 saturated carbocycles. The van der Waals surface area contributed by atoms with Crippen LogP contribution in [0.25, 0.3) is 0 Å². The summed E-state index contributed by atoms with van der Waals surface area (Å²) in [6.45, 7) is 3.89. The molecule has 0 bridgehead atoms. The molecule has 120 valence electrons. The molecule has 2 N–H and O–H groups in total. The monoisotopic (exact) mass is 326 g/mol. The van der Waals surface area contributed by atoms with E-state index in [2.05, 4.69) is 17.0 Å². The highest BCUT2D eigenvalue weighted by Gasteiger charge is 2.26. The normalized spacial score (nSPS) is 20.1. The maximum atomic E-state index is 11.9. The number of nitrogens with one attached hydrogen (secondary N) is 2. The third-order valence-electron chi connectivity index (χ3n) is 3.34. The summed E-state index contributed by atoms with van der Waals surface area (Å²) < 4.78 is 48.9. The van der Waals surface area contributed by atoms with Crippen molar-refractivity contribution >= 4 is 19.9 Å². The van der Waals surface area contributed by atoms with Gasteiger partial charge in [0.25, 0.3) is 0 Å². The summed E-state index contributed by atoms with van der Waals surface area (Å²) in [5.74, 6) is 0.284. The summed E-state index contributed by atoms with van der Waals surface area (Å²) in [4.78, 5) is 0. The fourth-order valence-corrected chi connectivity index (χ4v) is 5.10. The number of unbranched alkanes of at least 4 members (excludes halogenated alkanes) is 1. The first-order valence-corrected chi connectivity index (χ1v) is 10.7. The minimum Gasteiger partial charge on any atom is -0.317 e. The predicted molar refractivity (Wildman–Crippen MR) is 81.0 cm³/mol. The highest BCUT2D eigenvalue weighted by molar-refractivity contribution is 7.91. The van der Waals surface area contributed by atoms with Crippen molar-refractivity contribution in [1.29, 1.82) is 0 Å². The highest BCUT2D eigenvalue weighted by Crippen LogP contribution is 2.13. The molecule has 20 heavy (non-hydrogen) atoms. The number of sulfonamides is 1. The Morgan fingerprint density at radius 3 is 2.35 bits per heavy atom. The van der Waals surface area contributed by atoms with Crippen LogP contribution in [0, 0.1) is 0 Å². The molecule has 0 aromatic carbocycles. The van der Waals surface area contributed by atoms with E-state index in [-0.39, 0.29) is 23.3 Å². The minimum absolute atomic E-state index is 0.0844. The summed E-state index contributed by atoms with van der Waals surface area (Å²) in [5, 5.41) is 3.23. The van der Waals surface area contributed by atoms with Gasteiger partial charge in [-0.3, -0.25) is 0 Å². The van der Waals surface area contributed by atoms with Crippen molar-refractivity contribution in [2.75, 3.05) is 30.3 Å². The lowest BCUT2D eigenvalue weighted by molar-refractivity contribution is 0.503. The topological polar surface area (TPSA) is 92.3 Å². The Balaban J connectivity index is 2.21. The van der Waals surface area contributed by atoms with Crippen LogP contribution < -0.4 is 10.0 Å². The van der Waals surface area contributed by atoms with Gasteiger partial charge in [0.2, 0.25) is 10.0 Å². The second-order valence-electron chi connectivity index (χ2n) is 5.32. The molecule has 1 aliphatic heterocycles. The zero-order valence-corrected chi connectivity index (χ0v) is 13.7. The van der Waals surface area contributed by atoms with Crippen LogP contribution in [0.5, 0.6) is 0 Å². The molecular weight excluding hydrogens is 300 g/mol. The van der Waals surface area contributed by atoms with Gasteiger partial charge < -0.3 is 5.32 Å². The molecule has 6 nitrogen and oxygen atoms in total. The zero-order chi connectivity index (χ0) is 15.1. The Morgan fingerprint density at radius 2 is 1.75 bits per heavy atom. The van der Waals surface area contributed by atoms with E-state index in [1.165, 1.54) is 0 Å². The molecule has 1 heterocycles. The second kappa shape index (κ2) is 8.31. The molecule has 0 amide bonds. The summed E-state index contributed by atoms with van der Waals surface area (Å²) >= 11 is 0. The Kier molecular flexibility index (Phi) is 7.42. The van der Waals surface area contributed by atoms with Crippen molar-refractivity contribution in [2.24, 2.45) is 0 Å². The van der Waals surface area contributed by atoms with Crippen molar-refractivity contribution < 1.29 is 16.8 Å². The van der Waals surface area contributed by atoms with Crippen LogP contribution in [-0.4, -0.2) is 53.2 Å². The Morgan fingerprint density at radius 1 is 1.10 bits per heavy atom. The Labute approximate surface area is 122 Å². The summed E-state index contributed by atoms with van der Waals surface area (Å²) in [5.41, 5.74) is 0. The van der Waals surface area contributed by atoms with E-state index in [0.717, 1.165) is 25.9 Å². The fraction of sp³-hybridized carbons (Fsp3) is 1.00. The van der Waals surface area contributed by atoms with Crippen molar-refractivity contribution in [2.45, 2.75) is 45.1 Å². The van der Waals surface area contributed by atoms with Crippen molar-refractivity contribution in [3.63, 3.8) is 0 Å². The van der Waals surface area contributed by atoms with Crippen molar-refractivity contribution in [3.8, 4) is 0 Å². The lowest BCUT2D eigenvalue weighted by Gasteiger charge is -2.22. The van der Waals surface area contributed by atoms with Crippen LogP contribution in [0.3, 0.4) is 0 Å². The van der Waals surface area contributed by atoms with E-state index in [4.69, 9.17) is 0 Å². The largest absolute Gasteiger partial charge is 0.317 e.